The molecule has 13 heavy (non-hydrogen) atoms. The topological polar surface area (TPSA) is 0 Å². The summed E-state index contributed by atoms with van der Waals surface area (Å²) in [7, 11) is 0. The van der Waals surface area contributed by atoms with Gasteiger partial charge in [-0.05, 0) is 60.2 Å². The predicted molar refractivity (Wildman–Crippen MR) is 53.2 cm³/mol. The van der Waals surface area contributed by atoms with Crippen LogP contribution in [0.1, 0.15) is 39.5 Å². The summed E-state index contributed by atoms with van der Waals surface area (Å²) in [6.07, 6.45) is 6.35. The van der Waals surface area contributed by atoms with Gasteiger partial charge in [0, 0.05) is 0 Å². The van der Waals surface area contributed by atoms with Gasteiger partial charge in [-0.3, -0.25) is 0 Å². The van der Waals surface area contributed by atoms with Crippen LogP contribution >= 0.6 is 0 Å². The van der Waals surface area contributed by atoms with Crippen LogP contribution in [0, 0.1) is 40.9 Å². The standard InChI is InChI=1S/C13H20/c1-7-3-4-10(7)13-6-12(13)8(2)9-5-11(9)13/h7-12H,3-6H2,1-2H3. The molecule has 0 aromatic carbocycles. The lowest BCUT2D eigenvalue weighted by Gasteiger charge is -2.41. The van der Waals surface area contributed by atoms with Crippen molar-refractivity contribution in [3.8, 4) is 0 Å². The molecule has 4 fully saturated rings. The zero-order valence-corrected chi connectivity index (χ0v) is 8.79. The zero-order valence-electron chi connectivity index (χ0n) is 8.79. The van der Waals surface area contributed by atoms with E-state index in [4.69, 9.17) is 0 Å². The van der Waals surface area contributed by atoms with Gasteiger partial charge in [0.05, 0.1) is 0 Å². The fourth-order valence-corrected chi connectivity index (χ4v) is 5.30. The van der Waals surface area contributed by atoms with Crippen LogP contribution in [-0.2, 0) is 0 Å². The molecule has 0 radical (unpaired) electrons. The minimum atomic E-state index is 0.932. The van der Waals surface area contributed by atoms with Gasteiger partial charge in [-0.2, -0.15) is 0 Å². The SMILES string of the molecule is CC1CCC1C12CC1C(C)C1CC12. The maximum absolute atomic E-state index is 2.54. The highest BCUT2D eigenvalue weighted by Gasteiger charge is 2.78. The first kappa shape index (κ1) is 7.31. The smallest absolute Gasteiger partial charge is 0.0201 e. The summed E-state index contributed by atoms with van der Waals surface area (Å²) in [5.74, 6) is 6.93. The summed E-state index contributed by atoms with van der Waals surface area (Å²) in [5.41, 5.74) is 0.932. The van der Waals surface area contributed by atoms with Gasteiger partial charge in [-0.25, -0.2) is 0 Å². The molecule has 0 bridgehead atoms. The summed E-state index contributed by atoms with van der Waals surface area (Å²) < 4.78 is 0. The summed E-state index contributed by atoms with van der Waals surface area (Å²) in [6.45, 7) is 5.03. The summed E-state index contributed by atoms with van der Waals surface area (Å²) in [4.78, 5) is 0. The minimum absolute atomic E-state index is 0.932. The van der Waals surface area contributed by atoms with E-state index in [9.17, 15) is 0 Å². The summed E-state index contributed by atoms with van der Waals surface area (Å²) in [6, 6.07) is 0. The second-order valence-corrected chi connectivity index (χ2v) is 6.45. The van der Waals surface area contributed by atoms with Gasteiger partial charge >= 0.3 is 0 Å². The van der Waals surface area contributed by atoms with Crippen molar-refractivity contribution in [1.82, 2.24) is 0 Å². The fraction of sp³-hybridized carbons (Fsp3) is 1.00. The van der Waals surface area contributed by atoms with Crippen molar-refractivity contribution in [2.45, 2.75) is 39.5 Å². The molecule has 0 saturated heterocycles. The monoisotopic (exact) mass is 176 g/mol. The molecule has 0 aromatic rings. The van der Waals surface area contributed by atoms with Crippen molar-refractivity contribution in [2.75, 3.05) is 0 Å². The lowest BCUT2D eigenvalue weighted by atomic mass is 9.64. The Morgan fingerprint density at radius 1 is 1.00 bits per heavy atom. The quantitative estimate of drug-likeness (QED) is 0.575. The average molecular weight is 176 g/mol. The van der Waals surface area contributed by atoms with Crippen LogP contribution in [0.15, 0.2) is 0 Å². The van der Waals surface area contributed by atoms with E-state index in [1.54, 1.807) is 19.3 Å². The lowest BCUT2D eigenvalue weighted by molar-refractivity contribution is 0.0808. The molecule has 0 nitrogen and oxygen atoms in total. The number of hydrogen-bond donors (Lipinski definition) is 0. The van der Waals surface area contributed by atoms with Crippen LogP contribution in [0.4, 0.5) is 0 Å². The first-order valence-electron chi connectivity index (χ1n) is 6.25. The molecule has 0 aliphatic heterocycles. The van der Waals surface area contributed by atoms with Crippen molar-refractivity contribution < 1.29 is 0 Å². The van der Waals surface area contributed by atoms with E-state index in [-0.39, 0.29) is 0 Å². The Morgan fingerprint density at radius 2 is 1.85 bits per heavy atom. The highest BCUT2D eigenvalue weighted by molar-refractivity contribution is 5.26. The maximum atomic E-state index is 2.54. The van der Waals surface area contributed by atoms with E-state index in [0.717, 1.165) is 23.2 Å². The van der Waals surface area contributed by atoms with Crippen LogP contribution in [0.5, 0.6) is 0 Å². The average Bonchev–Trinajstić information content (AvgIpc) is 2.91. The molecule has 0 amide bonds. The Morgan fingerprint density at radius 3 is 2.31 bits per heavy atom. The molecular weight excluding hydrogens is 156 g/mol. The largest absolute Gasteiger partial charge is 0.0622 e. The second kappa shape index (κ2) is 1.85. The Kier molecular flexibility index (Phi) is 1.04. The number of hydrogen-bond acceptors (Lipinski definition) is 0. The van der Waals surface area contributed by atoms with Gasteiger partial charge < -0.3 is 0 Å². The second-order valence-electron chi connectivity index (χ2n) is 6.45. The van der Waals surface area contributed by atoms with Crippen LogP contribution in [0.3, 0.4) is 0 Å². The molecule has 0 N–H and O–H groups in total. The summed E-state index contributed by atoms with van der Waals surface area (Å²) in [5, 5.41) is 0. The molecule has 4 rings (SSSR count). The van der Waals surface area contributed by atoms with Gasteiger partial charge in [-0.1, -0.05) is 20.3 Å². The molecule has 72 valence electrons. The molecular formula is C13H20. The molecule has 4 aliphatic carbocycles. The summed E-state index contributed by atoms with van der Waals surface area (Å²) >= 11 is 0. The van der Waals surface area contributed by atoms with Gasteiger partial charge in [0.15, 0.2) is 0 Å². The molecule has 0 heterocycles. The highest BCUT2D eigenvalue weighted by Crippen LogP contribution is 2.84. The molecule has 0 aromatic heterocycles. The Hall–Kier alpha value is 0. The third-order valence-electron chi connectivity index (χ3n) is 6.25. The van der Waals surface area contributed by atoms with Gasteiger partial charge in [0.2, 0.25) is 0 Å². The normalized spacial score (nSPS) is 72.5. The Balaban J connectivity index is 1.67. The van der Waals surface area contributed by atoms with Crippen molar-refractivity contribution in [3.63, 3.8) is 0 Å². The van der Waals surface area contributed by atoms with Gasteiger partial charge in [-0.15, -0.1) is 0 Å². The molecule has 4 saturated carbocycles. The van der Waals surface area contributed by atoms with Crippen LogP contribution < -0.4 is 0 Å². The van der Waals surface area contributed by atoms with E-state index in [2.05, 4.69) is 13.8 Å². The third-order valence-corrected chi connectivity index (χ3v) is 6.25. The predicted octanol–water partition coefficient (Wildman–Crippen LogP) is 3.32. The van der Waals surface area contributed by atoms with Crippen LogP contribution in [-0.4, -0.2) is 0 Å². The van der Waals surface area contributed by atoms with Crippen molar-refractivity contribution in [1.29, 1.82) is 0 Å². The van der Waals surface area contributed by atoms with E-state index < -0.39 is 0 Å². The van der Waals surface area contributed by atoms with Gasteiger partial charge in [0.25, 0.3) is 0 Å². The van der Waals surface area contributed by atoms with E-state index in [1.807, 2.05) is 0 Å². The Labute approximate surface area is 81.1 Å². The molecule has 0 heteroatoms. The molecule has 7 unspecified atom stereocenters. The van der Waals surface area contributed by atoms with E-state index in [1.165, 1.54) is 24.2 Å². The van der Waals surface area contributed by atoms with Crippen molar-refractivity contribution >= 4 is 0 Å². The zero-order chi connectivity index (χ0) is 8.79. The Bertz CT molecular complexity index is 265. The molecule has 0 spiro atoms. The molecule has 7 atom stereocenters. The molecule has 4 aliphatic rings. The minimum Gasteiger partial charge on any atom is -0.0622 e. The third kappa shape index (κ3) is 0.620. The van der Waals surface area contributed by atoms with E-state index >= 15 is 0 Å². The first-order chi connectivity index (χ1) is 6.25. The van der Waals surface area contributed by atoms with Crippen molar-refractivity contribution in [3.05, 3.63) is 0 Å². The van der Waals surface area contributed by atoms with Crippen LogP contribution in [0.2, 0.25) is 0 Å². The van der Waals surface area contributed by atoms with Gasteiger partial charge in [0.1, 0.15) is 0 Å². The van der Waals surface area contributed by atoms with E-state index in [0.29, 0.717) is 0 Å². The number of rotatable bonds is 1. The number of fused-ring (bicyclic) bond motifs is 3. The van der Waals surface area contributed by atoms with Crippen LogP contribution in [0.25, 0.3) is 0 Å². The highest BCUT2D eigenvalue weighted by atomic mass is 14.8. The first-order valence-corrected chi connectivity index (χ1v) is 6.25. The fourth-order valence-electron chi connectivity index (χ4n) is 5.30. The lowest BCUT2D eigenvalue weighted by Crippen LogP contribution is -2.33. The van der Waals surface area contributed by atoms with Crippen molar-refractivity contribution in [2.24, 2.45) is 40.9 Å². The maximum Gasteiger partial charge on any atom is -0.0201 e.